The van der Waals surface area contributed by atoms with E-state index < -0.39 is 0 Å². The van der Waals surface area contributed by atoms with Crippen LogP contribution < -0.4 is 16.0 Å². The number of amides is 1. The Bertz CT molecular complexity index is 491. The van der Waals surface area contributed by atoms with Crippen molar-refractivity contribution in [2.24, 2.45) is 4.99 Å². The molecular weight excluding hydrogens is 360 g/mol. The zero-order valence-corrected chi connectivity index (χ0v) is 15.3. The molecular formula is C16H25BrN4O2. The summed E-state index contributed by atoms with van der Waals surface area (Å²) in [5.41, 5.74) is 0.647. The zero-order chi connectivity index (χ0) is 16.9. The molecule has 1 aromatic carbocycles. The highest BCUT2D eigenvalue weighted by molar-refractivity contribution is 9.10. The number of carbonyl (C=O) groups excluding carboxylic acids is 1. The lowest BCUT2D eigenvalue weighted by Crippen LogP contribution is -2.41. The number of hydrogen-bond acceptors (Lipinski definition) is 3. The molecule has 0 radical (unpaired) electrons. The van der Waals surface area contributed by atoms with Crippen molar-refractivity contribution < 1.29 is 9.53 Å². The highest BCUT2D eigenvalue weighted by Gasteiger charge is 2.04. The third-order valence-corrected chi connectivity index (χ3v) is 3.46. The van der Waals surface area contributed by atoms with Crippen LogP contribution in [0.25, 0.3) is 0 Å². The molecule has 0 aliphatic heterocycles. The van der Waals surface area contributed by atoms with Crippen LogP contribution in [0, 0.1) is 0 Å². The second-order valence-electron chi connectivity index (χ2n) is 4.80. The molecule has 0 aromatic heterocycles. The molecule has 0 spiro atoms. The minimum absolute atomic E-state index is 0.0821. The molecule has 1 aromatic rings. The molecule has 0 heterocycles. The average molecular weight is 385 g/mol. The maximum atomic E-state index is 12.0. The summed E-state index contributed by atoms with van der Waals surface area (Å²) >= 11 is 3.35. The van der Waals surface area contributed by atoms with Crippen LogP contribution in [0.2, 0.25) is 0 Å². The number of nitrogens with zero attached hydrogens (tertiary/aromatic N) is 1. The van der Waals surface area contributed by atoms with Crippen molar-refractivity contribution in [2.45, 2.75) is 13.3 Å². The predicted molar refractivity (Wildman–Crippen MR) is 96.9 cm³/mol. The summed E-state index contributed by atoms with van der Waals surface area (Å²) in [6.45, 7) is 5.35. The van der Waals surface area contributed by atoms with Gasteiger partial charge >= 0.3 is 0 Å². The van der Waals surface area contributed by atoms with Gasteiger partial charge in [-0.1, -0.05) is 15.9 Å². The summed E-state index contributed by atoms with van der Waals surface area (Å²) in [5, 5.41) is 9.23. The Morgan fingerprint density at radius 2 is 1.87 bits per heavy atom. The summed E-state index contributed by atoms with van der Waals surface area (Å²) < 4.78 is 5.95. The molecule has 0 atom stereocenters. The van der Waals surface area contributed by atoms with E-state index in [1.54, 1.807) is 19.2 Å². The summed E-state index contributed by atoms with van der Waals surface area (Å²) in [6.07, 6.45) is 0.882. The smallest absolute Gasteiger partial charge is 0.251 e. The van der Waals surface area contributed by atoms with Crippen molar-refractivity contribution in [1.82, 2.24) is 16.0 Å². The van der Waals surface area contributed by atoms with Gasteiger partial charge < -0.3 is 20.7 Å². The molecule has 0 aliphatic carbocycles. The maximum Gasteiger partial charge on any atom is 0.251 e. The molecule has 0 fully saturated rings. The molecule has 128 valence electrons. The number of benzene rings is 1. The number of nitrogens with one attached hydrogen (secondary N) is 3. The summed E-state index contributed by atoms with van der Waals surface area (Å²) in [6, 6.07) is 7.27. The van der Waals surface area contributed by atoms with E-state index in [2.05, 4.69) is 36.9 Å². The summed E-state index contributed by atoms with van der Waals surface area (Å²) in [4.78, 5) is 16.4. The SMILES string of the molecule is CCNC(=NCCCOC)NCCNC(=O)c1ccc(Br)cc1. The van der Waals surface area contributed by atoms with E-state index in [0.717, 1.165) is 23.4 Å². The highest BCUT2D eigenvalue weighted by atomic mass is 79.9. The Kier molecular flexibility index (Phi) is 10.1. The number of ether oxygens (including phenoxy) is 1. The molecule has 0 unspecified atom stereocenters. The second kappa shape index (κ2) is 11.9. The average Bonchev–Trinajstić information content (AvgIpc) is 2.55. The lowest BCUT2D eigenvalue weighted by molar-refractivity contribution is 0.0954. The first kappa shape index (κ1) is 19.4. The van der Waals surface area contributed by atoms with Crippen LogP contribution in [0.1, 0.15) is 23.7 Å². The van der Waals surface area contributed by atoms with E-state index in [9.17, 15) is 4.79 Å². The minimum Gasteiger partial charge on any atom is -0.385 e. The van der Waals surface area contributed by atoms with Crippen LogP contribution in [-0.4, -0.2) is 51.8 Å². The summed E-state index contributed by atoms with van der Waals surface area (Å²) in [7, 11) is 1.68. The molecule has 3 N–H and O–H groups in total. The van der Waals surface area contributed by atoms with Crippen molar-refractivity contribution in [2.75, 3.05) is 39.9 Å². The van der Waals surface area contributed by atoms with Gasteiger partial charge in [0.15, 0.2) is 5.96 Å². The van der Waals surface area contributed by atoms with E-state index in [1.165, 1.54) is 0 Å². The normalized spacial score (nSPS) is 11.2. The van der Waals surface area contributed by atoms with Crippen LogP contribution in [-0.2, 0) is 4.74 Å². The van der Waals surface area contributed by atoms with Gasteiger partial charge in [0.1, 0.15) is 0 Å². The van der Waals surface area contributed by atoms with Gasteiger partial charge in [0.05, 0.1) is 0 Å². The third-order valence-electron chi connectivity index (χ3n) is 2.93. The molecule has 0 bridgehead atoms. The number of methoxy groups -OCH3 is 1. The van der Waals surface area contributed by atoms with Crippen LogP contribution in [0.3, 0.4) is 0 Å². The number of carbonyl (C=O) groups is 1. The quantitative estimate of drug-likeness (QED) is 0.344. The first-order valence-corrected chi connectivity index (χ1v) is 8.51. The number of hydrogen-bond donors (Lipinski definition) is 3. The van der Waals surface area contributed by atoms with Gasteiger partial charge in [-0.2, -0.15) is 0 Å². The van der Waals surface area contributed by atoms with E-state index in [-0.39, 0.29) is 5.91 Å². The van der Waals surface area contributed by atoms with Crippen molar-refractivity contribution in [3.63, 3.8) is 0 Å². The van der Waals surface area contributed by atoms with E-state index >= 15 is 0 Å². The van der Waals surface area contributed by atoms with Crippen molar-refractivity contribution >= 4 is 27.8 Å². The molecule has 1 rings (SSSR count). The Morgan fingerprint density at radius 3 is 2.52 bits per heavy atom. The monoisotopic (exact) mass is 384 g/mol. The van der Waals surface area contributed by atoms with Gasteiger partial charge in [0.25, 0.3) is 5.91 Å². The largest absolute Gasteiger partial charge is 0.385 e. The fraction of sp³-hybridized carbons (Fsp3) is 0.500. The van der Waals surface area contributed by atoms with Crippen molar-refractivity contribution in [1.29, 1.82) is 0 Å². The number of guanidine groups is 1. The Labute approximate surface area is 146 Å². The van der Waals surface area contributed by atoms with E-state index in [0.29, 0.717) is 31.8 Å². The van der Waals surface area contributed by atoms with Gasteiger partial charge in [-0.05, 0) is 37.6 Å². The minimum atomic E-state index is -0.0821. The number of aliphatic imine (C=N–C) groups is 1. The second-order valence-corrected chi connectivity index (χ2v) is 5.71. The molecule has 1 amide bonds. The standard InChI is InChI=1S/C16H25BrN4O2/c1-3-18-16(20-9-4-12-23-2)21-11-10-19-15(22)13-5-7-14(17)8-6-13/h5-8H,3-4,9-12H2,1-2H3,(H,19,22)(H2,18,20,21). The fourth-order valence-electron chi connectivity index (χ4n) is 1.80. The lowest BCUT2D eigenvalue weighted by atomic mass is 10.2. The van der Waals surface area contributed by atoms with Crippen LogP contribution in [0.4, 0.5) is 0 Å². The first-order chi connectivity index (χ1) is 11.2. The van der Waals surface area contributed by atoms with E-state index in [1.807, 2.05) is 19.1 Å². The molecule has 0 aliphatic rings. The highest BCUT2D eigenvalue weighted by Crippen LogP contribution is 2.10. The Hall–Kier alpha value is -1.60. The van der Waals surface area contributed by atoms with Crippen molar-refractivity contribution in [3.8, 4) is 0 Å². The van der Waals surface area contributed by atoms with Crippen LogP contribution >= 0.6 is 15.9 Å². The molecule has 6 nitrogen and oxygen atoms in total. The lowest BCUT2D eigenvalue weighted by Gasteiger charge is -2.12. The van der Waals surface area contributed by atoms with Gasteiger partial charge in [0, 0.05) is 49.9 Å². The zero-order valence-electron chi connectivity index (χ0n) is 13.7. The van der Waals surface area contributed by atoms with Gasteiger partial charge in [0.2, 0.25) is 0 Å². The number of rotatable bonds is 9. The van der Waals surface area contributed by atoms with Crippen molar-refractivity contribution in [3.05, 3.63) is 34.3 Å². The van der Waals surface area contributed by atoms with Gasteiger partial charge in [-0.15, -0.1) is 0 Å². The maximum absolute atomic E-state index is 12.0. The van der Waals surface area contributed by atoms with E-state index in [4.69, 9.17) is 4.74 Å². The predicted octanol–water partition coefficient (Wildman–Crippen LogP) is 1.77. The molecule has 0 saturated heterocycles. The molecule has 23 heavy (non-hydrogen) atoms. The summed E-state index contributed by atoms with van der Waals surface area (Å²) in [5.74, 6) is 0.669. The van der Waals surface area contributed by atoms with Crippen LogP contribution in [0.15, 0.2) is 33.7 Å². The third kappa shape index (κ3) is 8.56. The molecule has 0 saturated carbocycles. The first-order valence-electron chi connectivity index (χ1n) is 7.72. The topological polar surface area (TPSA) is 74.8 Å². The Morgan fingerprint density at radius 1 is 1.17 bits per heavy atom. The van der Waals surface area contributed by atoms with Gasteiger partial charge in [-0.25, -0.2) is 0 Å². The number of halogens is 1. The van der Waals surface area contributed by atoms with Crippen LogP contribution in [0.5, 0.6) is 0 Å². The fourth-order valence-corrected chi connectivity index (χ4v) is 2.07. The Balaban J connectivity index is 2.29. The molecule has 7 heteroatoms. The van der Waals surface area contributed by atoms with Gasteiger partial charge in [-0.3, -0.25) is 9.79 Å².